The zero-order chi connectivity index (χ0) is 13.1. The number of carboxylic acids is 1. The van der Waals surface area contributed by atoms with E-state index in [9.17, 15) is 0 Å². The van der Waals surface area contributed by atoms with E-state index in [1.807, 2.05) is 0 Å². The van der Waals surface area contributed by atoms with Gasteiger partial charge in [-0.25, -0.2) is 0 Å². The van der Waals surface area contributed by atoms with Gasteiger partial charge in [-0.1, -0.05) is 32.6 Å². The molecule has 0 unspecified atom stereocenters. The highest BCUT2D eigenvalue weighted by Gasteiger charge is 2.06. The molecule has 1 aliphatic rings. The molecular weight excluding hydrogens is 216 g/mol. The Labute approximate surface area is 105 Å². The molecule has 100 valence electrons. The summed E-state index contributed by atoms with van der Waals surface area (Å²) in [5, 5.41) is 7.42. The predicted octanol–water partition coefficient (Wildman–Crippen LogP) is 2.72. The molecule has 17 heavy (non-hydrogen) atoms. The maximum absolute atomic E-state index is 9.00. The molecule has 1 rings (SSSR count). The SMILES string of the molecule is CC(=O)O.CCCCCCCN1C=CN(C)C1. The molecule has 1 aliphatic heterocycles. The van der Waals surface area contributed by atoms with Gasteiger partial charge in [0.05, 0.1) is 6.67 Å². The van der Waals surface area contributed by atoms with Gasteiger partial charge in [0.15, 0.2) is 0 Å². The number of hydrogen-bond donors (Lipinski definition) is 1. The first-order valence-electron chi connectivity index (χ1n) is 6.38. The summed E-state index contributed by atoms with van der Waals surface area (Å²) < 4.78 is 0. The van der Waals surface area contributed by atoms with Crippen LogP contribution in [0.25, 0.3) is 0 Å². The summed E-state index contributed by atoms with van der Waals surface area (Å²) >= 11 is 0. The van der Waals surface area contributed by atoms with E-state index in [0.29, 0.717) is 0 Å². The molecule has 4 heteroatoms. The predicted molar refractivity (Wildman–Crippen MR) is 70.5 cm³/mol. The van der Waals surface area contributed by atoms with E-state index in [2.05, 4.69) is 36.2 Å². The van der Waals surface area contributed by atoms with Crippen molar-refractivity contribution in [3.8, 4) is 0 Å². The van der Waals surface area contributed by atoms with Crippen LogP contribution in [-0.2, 0) is 4.79 Å². The number of carboxylic acid groups (broad SMARTS) is 1. The Morgan fingerprint density at radius 2 is 1.82 bits per heavy atom. The van der Waals surface area contributed by atoms with Crippen molar-refractivity contribution in [1.29, 1.82) is 0 Å². The van der Waals surface area contributed by atoms with E-state index in [-0.39, 0.29) is 0 Å². The number of nitrogens with zero attached hydrogens (tertiary/aromatic N) is 2. The first-order valence-corrected chi connectivity index (χ1v) is 6.38. The van der Waals surface area contributed by atoms with Gasteiger partial charge < -0.3 is 14.9 Å². The number of carbonyl (C=O) groups is 1. The normalized spacial score (nSPS) is 13.6. The Morgan fingerprint density at radius 1 is 1.24 bits per heavy atom. The smallest absolute Gasteiger partial charge is 0.300 e. The Kier molecular flexibility index (Phi) is 9.30. The number of unbranched alkanes of at least 4 members (excludes halogenated alkanes) is 4. The largest absolute Gasteiger partial charge is 0.481 e. The summed E-state index contributed by atoms with van der Waals surface area (Å²) in [6.45, 7) is 5.65. The zero-order valence-corrected chi connectivity index (χ0v) is 11.4. The van der Waals surface area contributed by atoms with Gasteiger partial charge >= 0.3 is 0 Å². The molecule has 0 saturated heterocycles. The van der Waals surface area contributed by atoms with E-state index in [1.54, 1.807) is 0 Å². The molecule has 0 bridgehead atoms. The number of hydrogen-bond acceptors (Lipinski definition) is 3. The van der Waals surface area contributed by atoms with Gasteiger partial charge in [-0.15, -0.1) is 0 Å². The zero-order valence-electron chi connectivity index (χ0n) is 11.4. The maximum Gasteiger partial charge on any atom is 0.300 e. The van der Waals surface area contributed by atoms with Crippen LogP contribution in [0.1, 0.15) is 46.0 Å². The first kappa shape index (κ1) is 15.8. The Balaban J connectivity index is 0.000000557. The molecule has 0 spiro atoms. The van der Waals surface area contributed by atoms with Crippen LogP contribution in [0.4, 0.5) is 0 Å². The summed E-state index contributed by atoms with van der Waals surface area (Å²) in [7, 11) is 2.12. The monoisotopic (exact) mass is 242 g/mol. The lowest BCUT2D eigenvalue weighted by molar-refractivity contribution is -0.134. The van der Waals surface area contributed by atoms with Crippen LogP contribution >= 0.6 is 0 Å². The minimum Gasteiger partial charge on any atom is -0.481 e. The second-order valence-corrected chi connectivity index (χ2v) is 4.44. The van der Waals surface area contributed by atoms with Crippen LogP contribution in [0.15, 0.2) is 12.4 Å². The lowest BCUT2D eigenvalue weighted by Crippen LogP contribution is -2.23. The van der Waals surface area contributed by atoms with Crippen LogP contribution in [0.5, 0.6) is 0 Å². The van der Waals surface area contributed by atoms with Crippen LogP contribution in [0.2, 0.25) is 0 Å². The van der Waals surface area contributed by atoms with Crippen molar-refractivity contribution in [3.05, 3.63) is 12.4 Å². The molecular formula is C13H26N2O2. The highest BCUT2D eigenvalue weighted by Crippen LogP contribution is 2.07. The third-order valence-corrected chi connectivity index (χ3v) is 2.49. The average Bonchev–Trinajstić information content (AvgIpc) is 2.63. The van der Waals surface area contributed by atoms with Crippen molar-refractivity contribution in [2.75, 3.05) is 20.3 Å². The van der Waals surface area contributed by atoms with Crippen molar-refractivity contribution >= 4 is 5.97 Å². The van der Waals surface area contributed by atoms with E-state index in [4.69, 9.17) is 9.90 Å². The molecule has 4 nitrogen and oxygen atoms in total. The number of rotatable bonds is 6. The maximum atomic E-state index is 9.00. The molecule has 0 fully saturated rings. The van der Waals surface area contributed by atoms with Gasteiger partial charge in [0.2, 0.25) is 0 Å². The van der Waals surface area contributed by atoms with Crippen molar-refractivity contribution in [2.24, 2.45) is 0 Å². The Morgan fingerprint density at radius 3 is 2.29 bits per heavy atom. The molecule has 0 aromatic heterocycles. The molecule has 0 atom stereocenters. The number of aliphatic carboxylic acids is 1. The highest BCUT2D eigenvalue weighted by molar-refractivity contribution is 5.62. The van der Waals surface area contributed by atoms with Gasteiger partial charge in [0.1, 0.15) is 0 Å². The molecule has 1 N–H and O–H groups in total. The third-order valence-electron chi connectivity index (χ3n) is 2.49. The van der Waals surface area contributed by atoms with Crippen molar-refractivity contribution in [1.82, 2.24) is 9.80 Å². The molecule has 0 saturated carbocycles. The molecule has 0 amide bonds. The molecule has 0 aliphatic carbocycles. The van der Waals surface area contributed by atoms with Crippen LogP contribution in [-0.4, -0.2) is 41.1 Å². The Bertz CT molecular complexity index is 225. The van der Waals surface area contributed by atoms with Gasteiger partial charge in [-0.3, -0.25) is 4.79 Å². The summed E-state index contributed by atoms with van der Waals surface area (Å²) in [6, 6.07) is 0. The van der Waals surface area contributed by atoms with Gasteiger partial charge in [-0.2, -0.15) is 0 Å². The van der Waals surface area contributed by atoms with Crippen LogP contribution in [0.3, 0.4) is 0 Å². The fourth-order valence-electron chi connectivity index (χ4n) is 1.65. The van der Waals surface area contributed by atoms with Crippen molar-refractivity contribution in [3.63, 3.8) is 0 Å². The minimum absolute atomic E-state index is 0.833. The summed E-state index contributed by atoms with van der Waals surface area (Å²) in [5.74, 6) is -0.833. The van der Waals surface area contributed by atoms with E-state index in [0.717, 1.165) is 13.6 Å². The summed E-state index contributed by atoms with van der Waals surface area (Å²) in [6.07, 6.45) is 11.2. The highest BCUT2D eigenvalue weighted by atomic mass is 16.4. The lowest BCUT2D eigenvalue weighted by Gasteiger charge is -2.17. The van der Waals surface area contributed by atoms with Crippen LogP contribution < -0.4 is 0 Å². The lowest BCUT2D eigenvalue weighted by atomic mass is 10.1. The topological polar surface area (TPSA) is 43.8 Å². The standard InChI is InChI=1S/C11H22N2.C2H4O2/c1-3-4-5-6-7-8-13-10-9-12(2)11-13;1-2(3)4/h9-10H,3-8,11H2,1-2H3;1H3,(H,3,4). The third kappa shape index (κ3) is 11.1. The molecule has 0 aromatic rings. The fourth-order valence-corrected chi connectivity index (χ4v) is 1.65. The quantitative estimate of drug-likeness (QED) is 0.727. The van der Waals surface area contributed by atoms with Gasteiger partial charge in [0.25, 0.3) is 5.97 Å². The Hall–Kier alpha value is -1.19. The molecule has 1 heterocycles. The first-order chi connectivity index (χ1) is 8.06. The summed E-state index contributed by atoms with van der Waals surface area (Å²) in [4.78, 5) is 13.6. The second kappa shape index (κ2) is 10.00. The van der Waals surface area contributed by atoms with E-state index in [1.165, 1.54) is 38.6 Å². The van der Waals surface area contributed by atoms with Crippen LogP contribution in [0, 0.1) is 0 Å². The van der Waals surface area contributed by atoms with Gasteiger partial charge in [-0.05, 0) is 6.42 Å². The average molecular weight is 242 g/mol. The molecule has 0 radical (unpaired) electrons. The second-order valence-electron chi connectivity index (χ2n) is 4.44. The molecule has 0 aromatic carbocycles. The van der Waals surface area contributed by atoms with E-state index >= 15 is 0 Å². The summed E-state index contributed by atoms with van der Waals surface area (Å²) in [5.41, 5.74) is 0. The van der Waals surface area contributed by atoms with Gasteiger partial charge in [0, 0.05) is 32.9 Å². The van der Waals surface area contributed by atoms with E-state index < -0.39 is 5.97 Å². The fraction of sp³-hybridized carbons (Fsp3) is 0.769. The van der Waals surface area contributed by atoms with Crippen molar-refractivity contribution < 1.29 is 9.90 Å². The minimum atomic E-state index is -0.833. The van der Waals surface area contributed by atoms with Crippen molar-refractivity contribution in [2.45, 2.75) is 46.0 Å².